The molecule has 0 saturated carbocycles. The van der Waals surface area contributed by atoms with Gasteiger partial charge in [-0.2, -0.15) is 0 Å². The van der Waals surface area contributed by atoms with Crippen molar-refractivity contribution in [3.8, 4) is 0 Å². The highest BCUT2D eigenvalue weighted by atomic mass is 16.4. The molecule has 0 unspecified atom stereocenters. The quantitative estimate of drug-likeness (QED) is 0.677. The molecule has 1 aromatic carbocycles. The second-order valence-corrected chi connectivity index (χ2v) is 4.52. The van der Waals surface area contributed by atoms with E-state index in [4.69, 9.17) is 10.8 Å². The minimum Gasteiger partial charge on any atom is -0.481 e. The zero-order valence-electron chi connectivity index (χ0n) is 9.93. The summed E-state index contributed by atoms with van der Waals surface area (Å²) in [6, 6.07) is 7.75. The minimum absolute atomic E-state index is 0.0373. The third-order valence-electron chi connectivity index (χ3n) is 3.32. The molecule has 1 aliphatic heterocycles. The summed E-state index contributed by atoms with van der Waals surface area (Å²) in [5, 5.41) is 11.6. The number of aliphatic carboxylic acids is 1. The molecule has 1 aromatic rings. The summed E-state index contributed by atoms with van der Waals surface area (Å²) in [7, 11) is 0. The van der Waals surface area contributed by atoms with Crippen LogP contribution in [0.2, 0.25) is 0 Å². The van der Waals surface area contributed by atoms with E-state index in [0.29, 0.717) is 19.5 Å². The monoisotopic (exact) mass is 248 g/mol. The van der Waals surface area contributed by atoms with Gasteiger partial charge in [0.25, 0.3) is 0 Å². The van der Waals surface area contributed by atoms with E-state index in [-0.39, 0.29) is 5.92 Å². The number of carbonyl (C=O) groups excluding carboxylic acids is 1. The number of hydrogen-bond donors (Lipinski definition) is 3. The van der Waals surface area contributed by atoms with E-state index in [0.717, 1.165) is 11.1 Å². The molecule has 0 aromatic heterocycles. The number of carboxylic acids is 1. The van der Waals surface area contributed by atoms with Crippen molar-refractivity contribution in [1.82, 2.24) is 5.32 Å². The van der Waals surface area contributed by atoms with Crippen LogP contribution in [-0.4, -0.2) is 23.5 Å². The van der Waals surface area contributed by atoms with Crippen molar-refractivity contribution in [1.29, 1.82) is 0 Å². The molecule has 5 nitrogen and oxygen atoms in total. The van der Waals surface area contributed by atoms with Crippen molar-refractivity contribution in [2.75, 3.05) is 6.54 Å². The Balaban J connectivity index is 2.18. The van der Waals surface area contributed by atoms with Crippen molar-refractivity contribution >= 4 is 11.9 Å². The smallest absolute Gasteiger partial charge is 0.316 e. The molecule has 4 N–H and O–H groups in total. The maximum absolute atomic E-state index is 11.4. The first kappa shape index (κ1) is 12.6. The van der Waals surface area contributed by atoms with Gasteiger partial charge in [0.05, 0.1) is 0 Å². The maximum atomic E-state index is 11.4. The number of carbonyl (C=O) groups is 2. The number of piperidine rings is 1. The number of rotatable bonds is 3. The Bertz CT molecular complexity index is 473. The van der Waals surface area contributed by atoms with Crippen LogP contribution in [0.15, 0.2) is 24.3 Å². The van der Waals surface area contributed by atoms with E-state index in [1.54, 1.807) is 0 Å². The van der Waals surface area contributed by atoms with Crippen LogP contribution in [-0.2, 0) is 16.1 Å². The van der Waals surface area contributed by atoms with Crippen LogP contribution >= 0.6 is 0 Å². The fourth-order valence-corrected chi connectivity index (χ4v) is 2.26. The van der Waals surface area contributed by atoms with Gasteiger partial charge in [0.15, 0.2) is 0 Å². The lowest BCUT2D eigenvalue weighted by molar-refractivity contribution is -0.148. The van der Waals surface area contributed by atoms with Crippen molar-refractivity contribution in [3.05, 3.63) is 35.4 Å². The third kappa shape index (κ3) is 2.51. The lowest BCUT2D eigenvalue weighted by Crippen LogP contribution is -2.43. The Morgan fingerprint density at radius 1 is 1.50 bits per heavy atom. The Kier molecular flexibility index (Phi) is 3.62. The van der Waals surface area contributed by atoms with Crippen LogP contribution < -0.4 is 11.1 Å². The fraction of sp³-hybridized carbons (Fsp3) is 0.385. The highest BCUT2D eigenvalue weighted by Gasteiger charge is 2.34. The molecule has 0 spiro atoms. The molecule has 1 aliphatic rings. The topological polar surface area (TPSA) is 92.4 Å². The summed E-state index contributed by atoms with van der Waals surface area (Å²) >= 11 is 0. The van der Waals surface area contributed by atoms with Crippen LogP contribution in [0.1, 0.15) is 23.5 Å². The molecule has 1 saturated heterocycles. The molecule has 2 rings (SSSR count). The molecule has 1 heterocycles. The van der Waals surface area contributed by atoms with Gasteiger partial charge in [-0.3, -0.25) is 9.59 Å². The zero-order valence-corrected chi connectivity index (χ0v) is 9.93. The molecular weight excluding hydrogens is 232 g/mol. The van der Waals surface area contributed by atoms with Crippen molar-refractivity contribution in [2.45, 2.75) is 18.9 Å². The Labute approximate surface area is 105 Å². The average molecular weight is 248 g/mol. The number of amides is 1. The lowest BCUT2D eigenvalue weighted by atomic mass is 9.84. The number of hydrogen-bond acceptors (Lipinski definition) is 3. The molecule has 0 radical (unpaired) electrons. The molecule has 96 valence electrons. The summed E-state index contributed by atoms with van der Waals surface area (Å²) in [5.74, 6) is -2.37. The Morgan fingerprint density at radius 3 is 2.94 bits per heavy atom. The molecule has 2 atom stereocenters. The Hall–Kier alpha value is -1.88. The predicted molar refractivity (Wildman–Crippen MR) is 65.8 cm³/mol. The van der Waals surface area contributed by atoms with Crippen LogP contribution in [0.4, 0.5) is 0 Å². The second-order valence-electron chi connectivity index (χ2n) is 4.52. The summed E-state index contributed by atoms with van der Waals surface area (Å²) in [6.45, 7) is 0.936. The third-order valence-corrected chi connectivity index (χ3v) is 3.32. The summed E-state index contributed by atoms with van der Waals surface area (Å²) in [4.78, 5) is 22.4. The largest absolute Gasteiger partial charge is 0.481 e. The van der Waals surface area contributed by atoms with Crippen LogP contribution in [0.5, 0.6) is 0 Å². The zero-order chi connectivity index (χ0) is 13.1. The minimum atomic E-state index is -1.06. The van der Waals surface area contributed by atoms with E-state index in [9.17, 15) is 9.59 Å². The van der Waals surface area contributed by atoms with Crippen LogP contribution in [0.25, 0.3) is 0 Å². The van der Waals surface area contributed by atoms with E-state index in [1.807, 2.05) is 24.3 Å². The SMILES string of the molecule is NCc1cccc([C@@H]2CNC(=O)[C@@H](C(=O)O)C2)c1. The van der Waals surface area contributed by atoms with Crippen molar-refractivity contribution in [2.24, 2.45) is 11.7 Å². The van der Waals surface area contributed by atoms with Gasteiger partial charge in [-0.25, -0.2) is 0 Å². The number of carboxylic acid groups (broad SMARTS) is 1. The molecule has 1 fully saturated rings. The predicted octanol–water partition coefficient (Wildman–Crippen LogP) is 0.450. The number of nitrogens with two attached hydrogens (primary N) is 1. The normalized spacial score (nSPS) is 23.5. The maximum Gasteiger partial charge on any atom is 0.316 e. The van der Waals surface area contributed by atoms with E-state index >= 15 is 0 Å². The molecular formula is C13H16N2O3. The van der Waals surface area contributed by atoms with Gasteiger partial charge in [0.1, 0.15) is 5.92 Å². The fourth-order valence-electron chi connectivity index (χ4n) is 2.26. The highest BCUT2D eigenvalue weighted by molar-refractivity contribution is 5.97. The highest BCUT2D eigenvalue weighted by Crippen LogP contribution is 2.27. The number of nitrogens with one attached hydrogen (secondary N) is 1. The van der Waals surface area contributed by atoms with Gasteiger partial charge in [-0.1, -0.05) is 24.3 Å². The first-order valence-corrected chi connectivity index (χ1v) is 5.91. The first-order chi connectivity index (χ1) is 8.61. The van der Waals surface area contributed by atoms with E-state index < -0.39 is 17.8 Å². The van der Waals surface area contributed by atoms with Gasteiger partial charge < -0.3 is 16.2 Å². The summed E-state index contributed by atoms with van der Waals surface area (Å²) in [5.41, 5.74) is 7.62. The summed E-state index contributed by atoms with van der Waals surface area (Å²) in [6.07, 6.45) is 0.342. The first-order valence-electron chi connectivity index (χ1n) is 5.91. The summed E-state index contributed by atoms with van der Waals surface area (Å²) < 4.78 is 0. The molecule has 1 amide bonds. The van der Waals surface area contributed by atoms with Crippen LogP contribution in [0, 0.1) is 5.92 Å². The van der Waals surface area contributed by atoms with Crippen molar-refractivity contribution in [3.63, 3.8) is 0 Å². The number of benzene rings is 1. The average Bonchev–Trinajstić information content (AvgIpc) is 2.39. The van der Waals surface area contributed by atoms with Crippen molar-refractivity contribution < 1.29 is 14.7 Å². The molecule has 0 aliphatic carbocycles. The van der Waals surface area contributed by atoms with E-state index in [2.05, 4.69) is 5.32 Å². The molecule has 18 heavy (non-hydrogen) atoms. The van der Waals surface area contributed by atoms with E-state index in [1.165, 1.54) is 0 Å². The molecule has 5 heteroatoms. The van der Waals surface area contributed by atoms with Gasteiger partial charge in [0, 0.05) is 19.0 Å². The van der Waals surface area contributed by atoms with Gasteiger partial charge >= 0.3 is 5.97 Å². The lowest BCUT2D eigenvalue weighted by Gasteiger charge is -2.27. The van der Waals surface area contributed by atoms with Gasteiger partial charge in [-0.05, 0) is 17.5 Å². The van der Waals surface area contributed by atoms with Gasteiger partial charge in [0.2, 0.25) is 5.91 Å². The second kappa shape index (κ2) is 5.18. The molecule has 0 bridgehead atoms. The van der Waals surface area contributed by atoms with Crippen LogP contribution in [0.3, 0.4) is 0 Å². The van der Waals surface area contributed by atoms with Gasteiger partial charge in [-0.15, -0.1) is 0 Å². The Morgan fingerprint density at radius 2 is 2.28 bits per heavy atom. The standard InChI is InChI=1S/C13H16N2O3/c14-6-8-2-1-3-9(4-8)10-5-11(13(17)18)12(16)15-7-10/h1-4,10-11H,5-7,14H2,(H,15,16)(H,17,18)/t10-,11-/m0/s1.